The normalized spacial score (nSPS) is 21.2. The minimum atomic E-state index is 0.270. The Hall–Kier alpha value is -1.82. The van der Waals surface area contributed by atoms with Gasteiger partial charge in [-0.25, -0.2) is 0 Å². The van der Waals surface area contributed by atoms with Gasteiger partial charge in [0.1, 0.15) is 0 Å². The number of hydrogen-bond acceptors (Lipinski definition) is 0. The van der Waals surface area contributed by atoms with Gasteiger partial charge in [-0.2, -0.15) is 0 Å². The van der Waals surface area contributed by atoms with Crippen molar-refractivity contribution in [1.29, 1.82) is 0 Å². The zero-order chi connectivity index (χ0) is 17.9. The molecule has 132 valence electrons. The molecular weight excluding hydrogens is 300 g/mol. The SMILES string of the molecule is CC1=C(CCc2ccccc2)C(C)(C)[C@@H]([C@H](C)c2ccccc2)CC1. The van der Waals surface area contributed by atoms with E-state index in [0.29, 0.717) is 11.8 Å². The molecule has 0 amide bonds. The maximum absolute atomic E-state index is 2.49. The Labute approximate surface area is 154 Å². The summed E-state index contributed by atoms with van der Waals surface area (Å²) < 4.78 is 0. The van der Waals surface area contributed by atoms with Gasteiger partial charge in [-0.15, -0.1) is 0 Å². The van der Waals surface area contributed by atoms with E-state index >= 15 is 0 Å². The minimum Gasteiger partial charge on any atom is -0.0735 e. The van der Waals surface area contributed by atoms with Crippen LogP contribution in [0.5, 0.6) is 0 Å². The molecule has 2 atom stereocenters. The lowest BCUT2D eigenvalue weighted by Gasteiger charge is -2.45. The Morgan fingerprint density at radius 3 is 2.16 bits per heavy atom. The fourth-order valence-electron chi connectivity index (χ4n) is 4.97. The van der Waals surface area contributed by atoms with Crippen molar-refractivity contribution in [3.8, 4) is 0 Å². The highest BCUT2D eigenvalue weighted by Crippen LogP contribution is 2.51. The van der Waals surface area contributed by atoms with E-state index in [9.17, 15) is 0 Å². The van der Waals surface area contributed by atoms with Gasteiger partial charge in [-0.1, -0.05) is 92.6 Å². The predicted octanol–water partition coefficient (Wildman–Crippen LogP) is 7.18. The van der Waals surface area contributed by atoms with Crippen LogP contribution in [0.1, 0.15) is 64.0 Å². The Morgan fingerprint density at radius 2 is 1.52 bits per heavy atom. The minimum absolute atomic E-state index is 0.270. The molecule has 0 N–H and O–H groups in total. The first-order chi connectivity index (χ1) is 12.0. The predicted molar refractivity (Wildman–Crippen MR) is 109 cm³/mol. The molecular formula is C25H32. The van der Waals surface area contributed by atoms with Gasteiger partial charge < -0.3 is 0 Å². The maximum Gasteiger partial charge on any atom is -0.0108 e. The first kappa shape index (κ1) is 18.0. The van der Waals surface area contributed by atoms with Crippen LogP contribution in [0.15, 0.2) is 71.8 Å². The molecule has 2 aromatic rings. The van der Waals surface area contributed by atoms with E-state index in [1.807, 2.05) is 0 Å². The van der Waals surface area contributed by atoms with Gasteiger partial charge in [0.2, 0.25) is 0 Å². The van der Waals surface area contributed by atoms with Crippen LogP contribution in [0.4, 0.5) is 0 Å². The van der Waals surface area contributed by atoms with Crippen molar-refractivity contribution in [3.63, 3.8) is 0 Å². The van der Waals surface area contributed by atoms with Crippen molar-refractivity contribution in [2.75, 3.05) is 0 Å². The van der Waals surface area contributed by atoms with Crippen LogP contribution in [-0.2, 0) is 6.42 Å². The number of aryl methyl sites for hydroxylation is 1. The third-order valence-corrected chi connectivity index (χ3v) is 6.49. The Morgan fingerprint density at radius 1 is 0.920 bits per heavy atom. The maximum atomic E-state index is 2.49. The van der Waals surface area contributed by atoms with Crippen LogP contribution >= 0.6 is 0 Å². The summed E-state index contributed by atoms with van der Waals surface area (Å²) in [7, 11) is 0. The lowest BCUT2D eigenvalue weighted by atomic mass is 9.59. The summed E-state index contributed by atoms with van der Waals surface area (Å²) in [6.07, 6.45) is 4.92. The third kappa shape index (κ3) is 3.89. The highest BCUT2D eigenvalue weighted by Gasteiger charge is 2.39. The second-order valence-corrected chi connectivity index (χ2v) is 8.31. The standard InChI is InChI=1S/C25H32/c1-19-15-17-24(20(2)22-13-9-6-10-14-22)25(3,4)23(19)18-16-21-11-7-5-8-12-21/h5-14,20,24H,15-18H2,1-4H3/t20-,24-/m1/s1. The molecule has 25 heavy (non-hydrogen) atoms. The van der Waals surface area contributed by atoms with E-state index in [1.165, 1.54) is 30.4 Å². The molecule has 0 fully saturated rings. The lowest BCUT2D eigenvalue weighted by molar-refractivity contribution is 0.191. The molecule has 1 aliphatic carbocycles. The highest BCUT2D eigenvalue weighted by molar-refractivity contribution is 5.29. The topological polar surface area (TPSA) is 0 Å². The summed E-state index contributed by atoms with van der Waals surface area (Å²) in [5, 5.41) is 0. The zero-order valence-electron chi connectivity index (χ0n) is 16.3. The summed E-state index contributed by atoms with van der Waals surface area (Å²) in [4.78, 5) is 0. The van der Waals surface area contributed by atoms with Crippen molar-refractivity contribution in [1.82, 2.24) is 0 Å². The van der Waals surface area contributed by atoms with Crippen LogP contribution in [0, 0.1) is 11.3 Å². The van der Waals surface area contributed by atoms with Crippen LogP contribution < -0.4 is 0 Å². The van der Waals surface area contributed by atoms with E-state index in [1.54, 1.807) is 11.1 Å². The first-order valence-corrected chi connectivity index (χ1v) is 9.78. The molecule has 0 heterocycles. The quantitative estimate of drug-likeness (QED) is 0.509. The average molecular weight is 333 g/mol. The van der Waals surface area contributed by atoms with Crippen molar-refractivity contribution < 1.29 is 0 Å². The fraction of sp³-hybridized carbons (Fsp3) is 0.440. The van der Waals surface area contributed by atoms with Crippen LogP contribution in [0.2, 0.25) is 0 Å². The van der Waals surface area contributed by atoms with Gasteiger partial charge in [0.05, 0.1) is 0 Å². The molecule has 2 aromatic carbocycles. The van der Waals surface area contributed by atoms with E-state index in [2.05, 4.69) is 88.4 Å². The zero-order valence-corrected chi connectivity index (χ0v) is 16.3. The van der Waals surface area contributed by atoms with Crippen LogP contribution in [0.3, 0.4) is 0 Å². The summed E-state index contributed by atoms with van der Waals surface area (Å²) in [5.74, 6) is 1.32. The van der Waals surface area contributed by atoms with Crippen molar-refractivity contribution >= 4 is 0 Å². The van der Waals surface area contributed by atoms with Crippen molar-refractivity contribution in [3.05, 3.63) is 82.9 Å². The Kier molecular flexibility index (Phi) is 5.47. The summed E-state index contributed by atoms with van der Waals surface area (Å²) in [6.45, 7) is 9.77. The highest BCUT2D eigenvalue weighted by atomic mass is 14.4. The van der Waals surface area contributed by atoms with E-state index in [4.69, 9.17) is 0 Å². The van der Waals surface area contributed by atoms with Crippen molar-refractivity contribution in [2.45, 2.75) is 59.3 Å². The fourth-order valence-corrected chi connectivity index (χ4v) is 4.97. The first-order valence-electron chi connectivity index (χ1n) is 9.78. The van der Waals surface area contributed by atoms with Gasteiger partial charge in [0.15, 0.2) is 0 Å². The smallest absolute Gasteiger partial charge is 0.0108 e. The molecule has 0 spiro atoms. The number of rotatable bonds is 5. The molecule has 0 heteroatoms. The molecule has 0 aliphatic heterocycles. The van der Waals surface area contributed by atoms with Crippen LogP contribution in [-0.4, -0.2) is 0 Å². The number of hydrogen-bond donors (Lipinski definition) is 0. The molecule has 0 unspecified atom stereocenters. The van der Waals surface area contributed by atoms with Gasteiger partial charge in [0, 0.05) is 0 Å². The van der Waals surface area contributed by atoms with Gasteiger partial charge in [-0.05, 0) is 61.0 Å². The molecule has 0 saturated carbocycles. The van der Waals surface area contributed by atoms with Crippen molar-refractivity contribution in [2.24, 2.45) is 11.3 Å². The largest absolute Gasteiger partial charge is 0.0735 e. The average Bonchev–Trinajstić information content (AvgIpc) is 2.62. The summed E-state index contributed by atoms with van der Waals surface area (Å²) in [5.41, 5.74) is 6.55. The van der Waals surface area contributed by atoms with E-state index in [0.717, 1.165) is 6.42 Å². The second-order valence-electron chi connectivity index (χ2n) is 8.31. The molecule has 0 aromatic heterocycles. The molecule has 0 bridgehead atoms. The van der Waals surface area contributed by atoms with Gasteiger partial charge in [0.25, 0.3) is 0 Å². The lowest BCUT2D eigenvalue weighted by Crippen LogP contribution is -2.34. The second kappa shape index (κ2) is 7.60. The Bertz CT molecular complexity index is 706. The van der Waals surface area contributed by atoms with E-state index < -0.39 is 0 Å². The molecule has 0 saturated heterocycles. The molecule has 0 nitrogen and oxygen atoms in total. The molecule has 3 rings (SSSR count). The van der Waals surface area contributed by atoms with E-state index in [-0.39, 0.29) is 5.41 Å². The van der Waals surface area contributed by atoms with Gasteiger partial charge in [-0.3, -0.25) is 0 Å². The third-order valence-electron chi connectivity index (χ3n) is 6.49. The van der Waals surface area contributed by atoms with Crippen LogP contribution in [0.25, 0.3) is 0 Å². The molecule has 1 aliphatic rings. The van der Waals surface area contributed by atoms with Gasteiger partial charge >= 0.3 is 0 Å². The summed E-state index contributed by atoms with van der Waals surface area (Å²) >= 11 is 0. The molecule has 0 radical (unpaired) electrons. The summed E-state index contributed by atoms with van der Waals surface area (Å²) in [6, 6.07) is 22.0. The Balaban J connectivity index is 1.80. The number of benzene rings is 2. The number of allylic oxidation sites excluding steroid dienone is 2. The monoisotopic (exact) mass is 332 g/mol.